The Hall–Kier alpha value is -5.05. The van der Waals surface area contributed by atoms with Crippen molar-refractivity contribution in [3.8, 4) is 0 Å². The zero-order valence-corrected chi connectivity index (χ0v) is 62.7. The van der Waals surface area contributed by atoms with E-state index in [2.05, 4.69) is 83.1 Å². The van der Waals surface area contributed by atoms with Crippen molar-refractivity contribution >= 4 is 140 Å². The van der Waals surface area contributed by atoms with Crippen LogP contribution in [0.25, 0.3) is 11.2 Å². The zero-order valence-electron chi connectivity index (χ0n) is 55.6. The van der Waals surface area contributed by atoms with Crippen molar-refractivity contribution < 1.29 is 166 Å². The third kappa shape index (κ3) is 27.2. The number of carbonyl (C=O) groups is 6. The summed E-state index contributed by atoms with van der Waals surface area (Å²) in [5, 5.41) is 61.2. The van der Waals surface area contributed by atoms with Gasteiger partial charge in [0.05, 0.1) is 32.8 Å². The zero-order chi connectivity index (χ0) is 79.2. The predicted molar refractivity (Wildman–Crippen MR) is 359 cm³/mol. The van der Waals surface area contributed by atoms with Gasteiger partial charge in [-0.1, -0.05) is 46.0 Å². The van der Waals surface area contributed by atoms with E-state index in [4.69, 9.17) is 44.1 Å². The second-order valence-electron chi connectivity index (χ2n) is 23.6. The summed E-state index contributed by atoms with van der Waals surface area (Å²) in [5.74, 6) is -3.16. The van der Waals surface area contributed by atoms with Crippen LogP contribution in [-0.4, -0.2) is 261 Å². The van der Waals surface area contributed by atoms with E-state index in [1.54, 1.807) is 0 Å². The van der Waals surface area contributed by atoms with Crippen molar-refractivity contribution in [2.45, 2.75) is 115 Å². The van der Waals surface area contributed by atoms with Crippen LogP contribution in [0.2, 0.25) is 0 Å². The summed E-state index contributed by atoms with van der Waals surface area (Å²) in [4.78, 5) is 172. The second-order valence-corrected chi connectivity index (χ2v) is 33.7. The van der Waals surface area contributed by atoms with Crippen molar-refractivity contribution in [2.24, 2.45) is 10.8 Å². The highest BCUT2D eigenvalue weighted by Crippen LogP contribution is 2.63. The topological polar surface area (TPSA) is 736 Å². The van der Waals surface area contributed by atoms with Gasteiger partial charge in [-0.25, -0.2) is 52.3 Å². The third-order valence-corrected chi connectivity index (χ3v) is 21.8. The molecule has 105 heavy (non-hydrogen) atoms. The van der Waals surface area contributed by atoms with Gasteiger partial charge in [0.1, 0.15) is 85.5 Å². The number of phosphoric acid groups is 6. The molecule has 3 aliphatic heterocycles. The maximum absolute atomic E-state index is 12.7. The normalized spacial score (nSPS) is 23.1. The van der Waals surface area contributed by atoms with Gasteiger partial charge >= 0.3 is 46.9 Å². The summed E-state index contributed by atoms with van der Waals surface area (Å²) in [6, 6.07) is 0. The summed E-state index contributed by atoms with van der Waals surface area (Å²) in [6.45, 7) is 5.21. The fourth-order valence-corrected chi connectivity index (χ4v) is 15.6. The number of aliphatic hydroxyl groups is 5. The summed E-state index contributed by atoms with van der Waals surface area (Å²) in [6.07, 6.45) is -15.5. The van der Waals surface area contributed by atoms with Gasteiger partial charge in [-0.05, 0) is 13.0 Å². The van der Waals surface area contributed by atoms with E-state index in [0.717, 1.165) is 51.2 Å². The smallest absolute Gasteiger partial charge is 0.386 e. The molecule has 0 bridgehead atoms. The number of imidazole rings is 1. The first-order valence-electron chi connectivity index (χ1n) is 30.1. The standard InChI is InChI=1S/C24H40N7O18P3S.C24H40N7O17P3S/c1-12(32)23(37)53-7-6-26-14(33)4-5-27-21(36)18(35)24(2,3)9-46-52(43,44)49-51(41,42)45-8-13-17(48-50(38,39)40)16(34)22(47-13)31-11-30-15-19(25)28-10-29-20(15)31;1-4-15(33)30-12-31(21-16(30)20(25)28-11-29-21)23-17(34)18(47-49(37,38)39)13(46-23)9-44-50(40,41)48-51(42,43)45-10-24(2,3)19(35)22(36)27-6-5-14(32)26-7-8-52/h10-13,16-18,22,32,34-35H,4-9H2,1-3H3,(H,26,33)(H,27,36)(H,41,42)(H,43,44)(H2,25,28,29)(H2,38,39,40);4,11,13,17-19,23,34-35,52H,1,5-10,12H2,2-3H3,(H,26,32)(H,27,36)(H,40,41)(H,42,43)(H2,25,28,29)(H2,37,38,39)/t12?,13-,16-,17-,18+,22-;13-,17-,18-,19+,23-/m11/s1. The fraction of sp³-hybridized carbons (Fsp3) is 0.646. The summed E-state index contributed by atoms with van der Waals surface area (Å²) in [7, 11) is -32.9. The number of phosphoric ester groups is 6. The molecular formula is C48H80N14O35P6S2. The number of anilines is 4. The van der Waals surface area contributed by atoms with Crippen LogP contribution in [0.1, 0.15) is 53.7 Å². The van der Waals surface area contributed by atoms with Gasteiger partial charge in [0.2, 0.25) is 28.7 Å². The molecule has 3 aromatic heterocycles. The Morgan fingerprint density at radius 2 is 1.11 bits per heavy atom. The minimum Gasteiger partial charge on any atom is -0.386 e. The molecule has 49 nitrogen and oxygen atoms in total. The Morgan fingerprint density at radius 1 is 0.667 bits per heavy atom. The summed E-state index contributed by atoms with van der Waals surface area (Å²) in [5.41, 5.74) is 8.53. The molecule has 15 atom stereocenters. The van der Waals surface area contributed by atoms with E-state index in [9.17, 15) is 116 Å². The Balaban J connectivity index is 0.000000377. The molecule has 5 amide bonds. The molecule has 3 aromatic rings. The second kappa shape index (κ2) is 38.1. The molecule has 0 aliphatic carbocycles. The molecule has 57 heteroatoms. The number of hydrogen-bond acceptors (Lipinski definition) is 37. The first-order chi connectivity index (χ1) is 48.4. The van der Waals surface area contributed by atoms with Crippen LogP contribution in [0.5, 0.6) is 0 Å². The van der Waals surface area contributed by atoms with Gasteiger partial charge in [0, 0.05) is 61.4 Å². The molecule has 21 N–H and O–H groups in total. The molecular weight excluding hydrogens is 1580 g/mol. The number of hydrogen-bond donors (Lipinski definition) is 20. The van der Waals surface area contributed by atoms with Crippen molar-refractivity contribution in [3.63, 3.8) is 0 Å². The molecule has 3 aliphatic rings. The Bertz CT molecular complexity index is 3880. The molecule has 5 unspecified atom stereocenters. The molecule has 2 saturated heterocycles. The molecule has 0 saturated carbocycles. The number of ether oxygens (including phenoxy) is 2. The van der Waals surface area contributed by atoms with E-state index in [1.165, 1.54) is 34.6 Å². The number of amides is 5. The molecule has 0 radical (unpaired) electrons. The van der Waals surface area contributed by atoms with Gasteiger partial charge in [0.15, 0.2) is 35.6 Å². The lowest BCUT2D eigenvalue weighted by Crippen LogP contribution is -2.47. The Labute approximate surface area is 604 Å². The molecule has 6 rings (SSSR count). The van der Waals surface area contributed by atoms with Crippen LogP contribution in [0.15, 0.2) is 31.6 Å². The minimum absolute atomic E-state index is 0.0109. The third-order valence-electron chi connectivity index (χ3n) is 14.4. The van der Waals surface area contributed by atoms with Crippen LogP contribution in [0, 0.1) is 10.8 Å². The van der Waals surface area contributed by atoms with Gasteiger partial charge in [-0.3, -0.25) is 65.4 Å². The van der Waals surface area contributed by atoms with Crippen LogP contribution in [-0.2, 0) is 101 Å². The highest BCUT2D eigenvalue weighted by atomic mass is 32.2. The molecule has 594 valence electrons. The SMILES string of the molecule is C=CC(=O)N1CN([C@@H]2O[C@H](COP(=O)(O)OP(=O)(O)OCC(C)(C)[C@@H](O)C(=O)NCCC(=O)NCCS)[C@@H](OP(=O)(O)O)[C@H]2O)c2ncnc(N)c21.CC(O)C(=O)SCCNC(=O)CCNC(=O)[C@H](O)C(C)(C)COP(=O)(O)OP(=O)(O)OC[C@H]1O[C@@H](n2cnc3c(N)ncnc32)[C@H](O)[C@@H]1OP(=O)(O)O. The van der Waals surface area contributed by atoms with E-state index in [1.807, 2.05) is 0 Å². The molecule has 0 spiro atoms. The van der Waals surface area contributed by atoms with Crippen LogP contribution < -0.4 is 42.5 Å². The molecule has 0 aromatic carbocycles. The number of nitrogens with two attached hydrogens (primary N) is 2. The predicted octanol–water partition coefficient (Wildman–Crippen LogP) is -3.85. The fourth-order valence-electron chi connectivity index (χ4n) is 9.14. The van der Waals surface area contributed by atoms with Crippen molar-refractivity contribution in [1.29, 1.82) is 0 Å². The summed E-state index contributed by atoms with van der Waals surface area (Å²) < 4.78 is 123. The Morgan fingerprint density at radius 3 is 1.58 bits per heavy atom. The number of aromatic nitrogens is 6. The van der Waals surface area contributed by atoms with Crippen molar-refractivity contribution in [3.05, 3.63) is 31.6 Å². The number of fused-ring (bicyclic) bond motifs is 2. The first kappa shape index (κ1) is 90.6. The monoisotopic (exact) mass is 1660 g/mol. The average Bonchev–Trinajstić information content (AvgIpc) is 1.60. The largest absolute Gasteiger partial charge is 0.481 e. The van der Waals surface area contributed by atoms with Gasteiger partial charge in [0.25, 0.3) is 5.91 Å². The van der Waals surface area contributed by atoms with Gasteiger partial charge in [-0.2, -0.15) is 21.3 Å². The average molecular weight is 1660 g/mol. The quantitative estimate of drug-likeness (QED) is 0.0113. The van der Waals surface area contributed by atoms with E-state index in [0.29, 0.717) is 12.3 Å². The van der Waals surface area contributed by atoms with E-state index in [-0.39, 0.29) is 78.4 Å². The molecule has 6 heterocycles. The van der Waals surface area contributed by atoms with Crippen LogP contribution >= 0.6 is 71.3 Å². The van der Waals surface area contributed by atoms with Crippen molar-refractivity contribution in [2.75, 3.05) is 92.0 Å². The number of thiol groups is 1. The van der Waals surface area contributed by atoms with Crippen LogP contribution in [0.3, 0.4) is 0 Å². The van der Waals surface area contributed by atoms with E-state index >= 15 is 0 Å². The van der Waals surface area contributed by atoms with Gasteiger partial charge in [-0.15, -0.1) is 0 Å². The number of aliphatic hydroxyl groups excluding tert-OH is 5. The summed E-state index contributed by atoms with van der Waals surface area (Å²) >= 11 is 4.78. The van der Waals surface area contributed by atoms with E-state index < -0.39 is 187 Å². The lowest BCUT2D eigenvalue weighted by atomic mass is 9.87. The van der Waals surface area contributed by atoms with Crippen LogP contribution in [0.4, 0.5) is 23.1 Å². The lowest BCUT2D eigenvalue weighted by Gasteiger charge is -2.30. The molecule has 2 fully saturated rings. The highest BCUT2D eigenvalue weighted by Gasteiger charge is 2.55. The number of nitrogen functional groups attached to an aromatic ring is 2. The maximum atomic E-state index is 12.7. The number of rotatable bonds is 39. The van der Waals surface area contributed by atoms with Crippen molar-refractivity contribution in [1.82, 2.24) is 50.8 Å². The number of nitrogens with zero attached hydrogens (tertiary/aromatic N) is 8. The lowest BCUT2D eigenvalue weighted by molar-refractivity contribution is -0.137. The van der Waals surface area contributed by atoms with Gasteiger partial charge < -0.3 is 112 Å². The highest BCUT2D eigenvalue weighted by molar-refractivity contribution is 8.13. The first-order valence-corrected chi connectivity index (χ1v) is 40.7. The number of carbonyl (C=O) groups excluding carboxylic acids is 6. The Kier molecular flexibility index (Phi) is 32.8. The number of thioether (sulfide) groups is 1. The minimum atomic E-state index is -5.60. The maximum Gasteiger partial charge on any atom is 0.481 e. The number of nitrogens with one attached hydrogen (secondary N) is 4.